The molecule has 0 spiro atoms. The van der Waals surface area contributed by atoms with Crippen LogP contribution in [0.2, 0.25) is 10.0 Å². The molecule has 0 aliphatic heterocycles. The molecule has 1 N–H and O–H groups in total. The summed E-state index contributed by atoms with van der Waals surface area (Å²) in [7, 11) is 0.183. The minimum absolute atomic E-state index is 0.149. The first-order chi connectivity index (χ1) is 13.3. The Kier molecular flexibility index (Phi) is 7.12. The van der Waals surface area contributed by atoms with Crippen LogP contribution in [0.4, 0.5) is 5.69 Å². The minimum atomic E-state index is -3.69. The molecule has 0 heterocycles. The van der Waals surface area contributed by atoms with Gasteiger partial charge in [0.2, 0.25) is 0 Å². The smallest absolute Gasteiger partial charge is 0.264 e. The van der Waals surface area contributed by atoms with E-state index in [0.717, 1.165) is 37.8 Å². The standard InChI is InChI=1S/C21H26Cl2NO3P/c1-24(2)15-11-13-17(14-12-15)28(26,27-16-7-4-3-5-8-16)21(25)20-18(22)9-6-10-19(20)23/h6,9-14,16,21,25H,3-5,7-8H2,1-2H3. The van der Waals surface area contributed by atoms with Gasteiger partial charge in [-0.25, -0.2) is 0 Å². The Morgan fingerprint density at radius 1 is 1.04 bits per heavy atom. The number of benzene rings is 2. The fourth-order valence-corrected chi connectivity index (χ4v) is 6.65. The van der Waals surface area contributed by atoms with Crippen molar-refractivity contribution >= 4 is 41.6 Å². The summed E-state index contributed by atoms with van der Waals surface area (Å²) in [6, 6.07) is 12.2. The van der Waals surface area contributed by atoms with Gasteiger partial charge in [0.15, 0.2) is 5.85 Å². The summed E-state index contributed by atoms with van der Waals surface area (Å²) < 4.78 is 20.3. The average Bonchev–Trinajstić information content (AvgIpc) is 2.68. The van der Waals surface area contributed by atoms with E-state index >= 15 is 0 Å². The van der Waals surface area contributed by atoms with Crippen LogP contribution in [0.1, 0.15) is 43.5 Å². The first-order valence-corrected chi connectivity index (χ1v) is 12.0. The summed E-state index contributed by atoms with van der Waals surface area (Å²) in [6.07, 6.45) is 4.75. The Hall–Kier alpha value is -1.03. The Balaban J connectivity index is 2.04. The predicted molar refractivity (Wildman–Crippen MR) is 117 cm³/mol. The van der Waals surface area contributed by atoms with E-state index < -0.39 is 13.2 Å². The molecule has 0 bridgehead atoms. The van der Waals surface area contributed by atoms with Crippen LogP contribution in [-0.2, 0) is 9.09 Å². The van der Waals surface area contributed by atoms with Gasteiger partial charge in [0.25, 0.3) is 7.37 Å². The van der Waals surface area contributed by atoms with Crippen molar-refractivity contribution in [2.45, 2.75) is 44.1 Å². The molecule has 152 valence electrons. The van der Waals surface area contributed by atoms with Gasteiger partial charge in [0.05, 0.1) is 6.10 Å². The van der Waals surface area contributed by atoms with Gasteiger partial charge in [0.1, 0.15) is 0 Å². The highest BCUT2D eigenvalue weighted by Crippen LogP contribution is 2.61. The van der Waals surface area contributed by atoms with E-state index in [2.05, 4.69) is 0 Å². The van der Waals surface area contributed by atoms with Crippen LogP contribution in [0.5, 0.6) is 0 Å². The van der Waals surface area contributed by atoms with Crippen LogP contribution in [0.3, 0.4) is 0 Å². The number of rotatable bonds is 6. The van der Waals surface area contributed by atoms with E-state index in [1.54, 1.807) is 30.3 Å². The fraction of sp³-hybridized carbons (Fsp3) is 0.429. The molecule has 4 nitrogen and oxygen atoms in total. The lowest BCUT2D eigenvalue weighted by molar-refractivity contribution is 0.137. The molecule has 2 aromatic rings. The molecule has 1 saturated carbocycles. The summed E-state index contributed by atoms with van der Waals surface area (Å²) >= 11 is 12.6. The highest BCUT2D eigenvalue weighted by Gasteiger charge is 2.40. The number of anilines is 1. The lowest BCUT2D eigenvalue weighted by Gasteiger charge is -2.31. The van der Waals surface area contributed by atoms with E-state index in [0.29, 0.717) is 5.30 Å². The molecule has 0 saturated heterocycles. The predicted octanol–water partition coefficient (Wildman–Crippen LogP) is 6.00. The van der Waals surface area contributed by atoms with E-state index in [4.69, 9.17) is 27.7 Å². The van der Waals surface area contributed by atoms with Gasteiger partial charge < -0.3 is 14.5 Å². The molecule has 1 fully saturated rings. The Labute approximate surface area is 176 Å². The zero-order valence-corrected chi connectivity index (χ0v) is 18.6. The van der Waals surface area contributed by atoms with E-state index in [9.17, 15) is 9.67 Å². The van der Waals surface area contributed by atoms with Crippen LogP contribution < -0.4 is 10.2 Å². The van der Waals surface area contributed by atoms with Crippen molar-refractivity contribution in [1.29, 1.82) is 0 Å². The van der Waals surface area contributed by atoms with Crippen molar-refractivity contribution in [2.24, 2.45) is 0 Å². The monoisotopic (exact) mass is 441 g/mol. The van der Waals surface area contributed by atoms with Gasteiger partial charge in [-0.2, -0.15) is 0 Å². The van der Waals surface area contributed by atoms with E-state index in [1.165, 1.54) is 0 Å². The number of halogens is 2. The summed E-state index contributed by atoms with van der Waals surface area (Å²) in [5.74, 6) is -1.43. The molecule has 7 heteroatoms. The van der Waals surface area contributed by atoms with Crippen LogP contribution in [0.15, 0.2) is 42.5 Å². The topological polar surface area (TPSA) is 49.8 Å². The molecular weight excluding hydrogens is 416 g/mol. The first kappa shape index (κ1) is 21.7. The van der Waals surface area contributed by atoms with Gasteiger partial charge in [-0.1, -0.05) is 48.5 Å². The second-order valence-electron chi connectivity index (χ2n) is 7.38. The Bertz CT molecular complexity index is 831. The van der Waals surface area contributed by atoms with Crippen LogP contribution in [0, 0.1) is 0 Å². The molecule has 2 aromatic carbocycles. The highest BCUT2D eigenvalue weighted by molar-refractivity contribution is 7.67. The van der Waals surface area contributed by atoms with Gasteiger partial charge in [-0.15, -0.1) is 0 Å². The fourth-order valence-electron chi connectivity index (χ4n) is 3.54. The summed E-state index contributed by atoms with van der Waals surface area (Å²) in [5.41, 5.74) is 1.22. The number of hydrogen-bond acceptors (Lipinski definition) is 4. The van der Waals surface area contributed by atoms with Gasteiger partial charge >= 0.3 is 0 Å². The highest BCUT2D eigenvalue weighted by atomic mass is 35.5. The molecular formula is C21H26Cl2NO3P. The zero-order chi connectivity index (χ0) is 20.3. The summed E-state index contributed by atoms with van der Waals surface area (Å²) in [4.78, 5) is 1.96. The van der Waals surface area contributed by atoms with E-state index in [1.807, 2.05) is 31.1 Å². The Morgan fingerprint density at radius 3 is 2.14 bits per heavy atom. The van der Waals surface area contributed by atoms with Gasteiger partial charge in [-0.05, 0) is 49.2 Å². The third-order valence-corrected chi connectivity index (χ3v) is 8.35. The van der Waals surface area contributed by atoms with Crippen molar-refractivity contribution in [3.8, 4) is 0 Å². The zero-order valence-electron chi connectivity index (χ0n) is 16.1. The largest absolute Gasteiger partial charge is 0.378 e. The number of aliphatic hydroxyl groups is 1. The lowest BCUT2D eigenvalue weighted by Crippen LogP contribution is -2.23. The normalized spacial score (nSPS) is 18.5. The minimum Gasteiger partial charge on any atom is -0.378 e. The van der Waals surface area contributed by atoms with Crippen molar-refractivity contribution < 1.29 is 14.2 Å². The molecule has 0 amide bonds. The van der Waals surface area contributed by atoms with Gasteiger partial charge in [0, 0.05) is 40.7 Å². The third-order valence-electron chi connectivity index (χ3n) is 5.16. The average molecular weight is 442 g/mol. The maximum Gasteiger partial charge on any atom is 0.264 e. The van der Waals surface area contributed by atoms with Crippen molar-refractivity contribution in [3.05, 3.63) is 58.1 Å². The number of aliphatic hydroxyl groups excluding tert-OH is 1. The SMILES string of the molecule is CN(C)c1ccc(P(=O)(OC2CCCCC2)C(O)c2c(Cl)cccc2Cl)cc1. The second-order valence-corrected chi connectivity index (χ2v) is 10.6. The molecule has 3 rings (SSSR count). The Morgan fingerprint density at radius 2 is 1.61 bits per heavy atom. The lowest BCUT2D eigenvalue weighted by atomic mass is 9.98. The summed E-state index contributed by atoms with van der Waals surface area (Å²) in [6.45, 7) is 0. The summed E-state index contributed by atoms with van der Waals surface area (Å²) in [5, 5.41) is 12.2. The molecule has 2 unspecified atom stereocenters. The van der Waals surface area contributed by atoms with Crippen molar-refractivity contribution in [2.75, 3.05) is 19.0 Å². The third kappa shape index (κ3) is 4.58. The van der Waals surface area contributed by atoms with E-state index in [-0.39, 0.29) is 21.7 Å². The van der Waals surface area contributed by atoms with Crippen LogP contribution in [-0.4, -0.2) is 25.3 Å². The number of nitrogens with zero attached hydrogens (tertiary/aromatic N) is 1. The van der Waals surface area contributed by atoms with Crippen LogP contribution in [0.25, 0.3) is 0 Å². The molecule has 1 aliphatic carbocycles. The van der Waals surface area contributed by atoms with Crippen molar-refractivity contribution in [3.63, 3.8) is 0 Å². The quantitative estimate of drug-likeness (QED) is 0.558. The van der Waals surface area contributed by atoms with Crippen LogP contribution >= 0.6 is 30.6 Å². The molecule has 2 atom stereocenters. The maximum absolute atomic E-state index is 14.2. The molecule has 1 aliphatic rings. The van der Waals surface area contributed by atoms with Gasteiger partial charge in [-0.3, -0.25) is 4.57 Å². The number of hydrogen-bond donors (Lipinski definition) is 1. The first-order valence-electron chi connectivity index (χ1n) is 9.51. The van der Waals surface area contributed by atoms with Crippen molar-refractivity contribution in [1.82, 2.24) is 0 Å². The molecule has 0 radical (unpaired) electrons. The molecule has 0 aromatic heterocycles. The second kappa shape index (κ2) is 9.19. The molecule has 28 heavy (non-hydrogen) atoms. The maximum atomic E-state index is 14.2.